The number of amides is 1. The number of hydrogen-bond acceptors (Lipinski definition) is 6. The van der Waals surface area contributed by atoms with Crippen LogP contribution in [0.15, 0.2) is 48.5 Å². The van der Waals surface area contributed by atoms with E-state index in [1.54, 1.807) is 6.07 Å². The highest BCUT2D eigenvalue weighted by atomic mass is 35.5. The maximum atomic E-state index is 12.8. The summed E-state index contributed by atoms with van der Waals surface area (Å²) in [6.45, 7) is 3.79. The van der Waals surface area contributed by atoms with Crippen LogP contribution < -0.4 is 15.2 Å². The minimum absolute atomic E-state index is 0.175. The minimum atomic E-state index is -0.686. The van der Waals surface area contributed by atoms with Gasteiger partial charge in [0.25, 0.3) is 5.91 Å². The Hall–Kier alpha value is -3.78. The zero-order chi connectivity index (χ0) is 25.5. The van der Waals surface area contributed by atoms with Gasteiger partial charge < -0.3 is 24.5 Å². The molecule has 1 aromatic heterocycles. The molecule has 0 saturated carbocycles. The van der Waals surface area contributed by atoms with Crippen LogP contribution in [-0.2, 0) is 22.5 Å². The van der Waals surface area contributed by atoms with Gasteiger partial charge in [-0.3, -0.25) is 9.59 Å². The van der Waals surface area contributed by atoms with E-state index in [9.17, 15) is 14.4 Å². The average Bonchev–Trinajstić information content (AvgIpc) is 3.13. The predicted molar refractivity (Wildman–Crippen MR) is 131 cm³/mol. The molecular formula is C26H27ClN2O6. The highest BCUT2D eigenvalue weighted by Crippen LogP contribution is 2.28. The number of rotatable bonds is 11. The summed E-state index contributed by atoms with van der Waals surface area (Å²) < 4.78 is 17.8. The molecule has 1 amide bonds. The van der Waals surface area contributed by atoms with Crippen molar-refractivity contribution in [2.75, 3.05) is 20.3 Å². The van der Waals surface area contributed by atoms with Crippen LogP contribution in [0.4, 0.5) is 0 Å². The summed E-state index contributed by atoms with van der Waals surface area (Å²) in [5, 5.41) is 0.690. The summed E-state index contributed by atoms with van der Waals surface area (Å²) in [5.41, 5.74) is 8.67. The molecule has 0 spiro atoms. The van der Waals surface area contributed by atoms with Crippen LogP contribution in [0.2, 0.25) is 5.02 Å². The third-order valence-corrected chi connectivity index (χ3v) is 5.77. The fourth-order valence-corrected chi connectivity index (χ4v) is 3.80. The van der Waals surface area contributed by atoms with Crippen molar-refractivity contribution in [2.24, 2.45) is 5.73 Å². The van der Waals surface area contributed by atoms with Crippen molar-refractivity contribution in [1.82, 2.24) is 4.57 Å². The number of nitrogens with zero attached hydrogens (tertiary/aromatic N) is 1. The molecule has 0 aliphatic heterocycles. The van der Waals surface area contributed by atoms with Crippen molar-refractivity contribution in [3.8, 4) is 11.5 Å². The van der Waals surface area contributed by atoms with Crippen molar-refractivity contribution in [3.63, 3.8) is 0 Å². The lowest BCUT2D eigenvalue weighted by atomic mass is 10.1. The smallest absolute Gasteiger partial charge is 0.338 e. The molecule has 0 atom stereocenters. The number of nitrogens with two attached hydrogens (primary N) is 1. The highest BCUT2D eigenvalue weighted by Gasteiger charge is 2.19. The zero-order valence-electron chi connectivity index (χ0n) is 19.8. The summed E-state index contributed by atoms with van der Waals surface area (Å²) in [5.74, 6) is -1.13. The quantitative estimate of drug-likeness (QED) is 0.317. The molecule has 9 heteroatoms. The second-order valence-corrected chi connectivity index (χ2v) is 8.37. The number of methoxy groups -OCH3 is 1. The van der Waals surface area contributed by atoms with E-state index >= 15 is 0 Å². The number of benzene rings is 2. The van der Waals surface area contributed by atoms with E-state index in [-0.39, 0.29) is 29.5 Å². The number of carbonyl (C=O) groups is 3. The monoisotopic (exact) mass is 498 g/mol. The summed E-state index contributed by atoms with van der Waals surface area (Å²) >= 11 is 5.95. The number of ketones is 1. The average molecular weight is 499 g/mol. The normalized spacial score (nSPS) is 10.6. The molecule has 0 unspecified atom stereocenters. The van der Waals surface area contributed by atoms with E-state index in [0.717, 1.165) is 23.4 Å². The van der Waals surface area contributed by atoms with Crippen molar-refractivity contribution >= 4 is 29.3 Å². The molecule has 0 fully saturated rings. The van der Waals surface area contributed by atoms with Crippen LogP contribution >= 0.6 is 11.6 Å². The Balaban J connectivity index is 1.63. The van der Waals surface area contributed by atoms with Crippen LogP contribution in [0.1, 0.15) is 37.7 Å². The van der Waals surface area contributed by atoms with Gasteiger partial charge in [0.15, 0.2) is 24.7 Å². The van der Waals surface area contributed by atoms with Crippen molar-refractivity contribution in [1.29, 1.82) is 0 Å². The molecule has 2 aromatic carbocycles. The molecule has 0 radical (unpaired) electrons. The lowest BCUT2D eigenvalue weighted by Crippen LogP contribution is -2.20. The number of esters is 1. The van der Waals surface area contributed by atoms with Gasteiger partial charge in [0.1, 0.15) is 0 Å². The standard InChI is InChI=1S/C26H27ClN2O6/c1-16-12-21(17(2)29(16)11-10-18-4-7-20(27)8-5-18)22(30)14-35-26(32)19-6-9-23(24(13-19)33-3)34-15-25(28)31/h4-9,12-13H,10-11,14-15H2,1-3H3,(H2,28,31). The first-order valence-electron chi connectivity index (χ1n) is 10.9. The molecule has 3 rings (SSSR count). The topological polar surface area (TPSA) is 110 Å². The van der Waals surface area contributed by atoms with Gasteiger partial charge in [-0.2, -0.15) is 0 Å². The van der Waals surface area contributed by atoms with Gasteiger partial charge in [-0.25, -0.2) is 4.79 Å². The molecule has 0 saturated heterocycles. The van der Waals surface area contributed by atoms with Crippen molar-refractivity contribution in [3.05, 3.63) is 81.6 Å². The van der Waals surface area contributed by atoms with Gasteiger partial charge in [0, 0.05) is 28.5 Å². The summed E-state index contributed by atoms with van der Waals surface area (Å²) in [4.78, 5) is 36.2. The Morgan fingerprint density at radius 1 is 0.971 bits per heavy atom. The lowest BCUT2D eigenvalue weighted by molar-refractivity contribution is -0.119. The largest absolute Gasteiger partial charge is 0.493 e. The van der Waals surface area contributed by atoms with E-state index in [0.29, 0.717) is 17.1 Å². The summed E-state index contributed by atoms with van der Waals surface area (Å²) in [6.07, 6.45) is 0.789. The maximum absolute atomic E-state index is 12.8. The zero-order valence-corrected chi connectivity index (χ0v) is 20.6. The number of ether oxygens (including phenoxy) is 3. The first kappa shape index (κ1) is 25.8. The molecule has 2 N–H and O–H groups in total. The number of carbonyl (C=O) groups excluding carboxylic acids is 3. The Labute approximate surface area is 208 Å². The maximum Gasteiger partial charge on any atom is 0.338 e. The van der Waals surface area contributed by atoms with Gasteiger partial charge in [0.05, 0.1) is 12.7 Å². The Morgan fingerprint density at radius 3 is 2.34 bits per heavy atom. The second kappa shape index (κ2) is 11.6. The van der Waals surface area contributed by atoms with Crippen LogP contribution in [0.3, 0.4) is 0 Å². The number of aryl methyl sites for hydroxylation is 2. The van der Waals surface area contributed by atoms with Crippen LogP contribution in [0, 0.1) is 13.8 Å². The summed E-state index contributed by atoms with van der Waals surface area (Å²) in [7, 11) is 1.40. The van der Waals surface area contributed by atoms with Gasteiger partial charge >= 0.3 is 5.97 Å². The summed E-state index contributed by atoms with van der Waals surface area (Å²) in [6, 6.07) is 13.8. The second-order valence-electron chi connectivity index (χ2n) is 7.93. The lowest BCUT2D eigenvalue weighted by Gasteiger charge is -2.11. The fourth-order valence-electron chi connectivity index (χ4n) is 3.67. The van der Waals surface area contributed by atoms with E-state index in [1.807, 2.05) is 38.1 Å². The molecule has 3 aromatic rings. The first-order valence-corrected chi connectivity index (χ1v) is 11.3. The molecule has 184 valence electrons. The number of aromatic nitrogens is 1. The van der Waals surface area contributed by atoms with Crippen LogP contribution in [-0.4, -0.2) is 42.6 Å². The Kier molecular flexibility index (Phi) is 8.54. The number of Topliss-reactive ketones (excluding diaryl/α,β-unsaturated/α-hetero) is 1. The molecule has 35 heavy (non-hydrogen) atoms. The number of hydrogen-bond donors (Lipinski definition) is 1. The predicted octanol–water partition coefficient (Wildman–Crippen LogP) is 3.91. The molecule has 8 nitrogen and oxygen atoms in total. The van der Waals surface area contributed by atoms with Gasteiger partial charge in [-0.05, 0) is 62.2 Å². The number of halogens is 1. The van der Waals surface area contributed by atoms with E-state index in [4.69, 9.17) is 31.5 Å². The fraction of sp³-hybridized carbons (Fsp3) is 0.269. The Morgan fingerprint density at radius 2 is 1.69 bits per heavy atom. The van der Waals surface area contributed by atoms with E-state index in [2.05, 4.69) is 4.57 Å². The van der Waals surface area contributed by atoms with Gasteiger partial charge in [-0.15, -0.1) is 0 Å². The van der Waals surface area contributed by atoms with Crippen LogP contribution in [0.5, 0.6) is 11.5 Å². The molecule has 0 aliphatic rings. The van der Waals surface area contributed by atoms with E-state index in [1.165, 1.54) is 25.3 Å². The van der Waals surface area contributed by atoms with Gasteiger partial charge in [-0.1, -0.05) is 23.7 Å². The highest BCUT2D eigenvalue weighted by molar-refractivity contribution is 6.30. The van der Waals surface area contributed by atoms with E-state index < -0.39 is 18.5 Å². The minimum Gasteiger partial charge on any atom is -0.493 e. The molecule has 0 bridgehead atoms. The van der Waals surface area contributed by atoms with Crippen molar-refractivity contribution in [2.45, 2.75) is 26.8 Å². The Bertz CT molecular complexity index is 1230. The third kappa shape index (κ3) is 6.64. The molecular weight excluding hydrogens is 472 g/mol. The molecule has 1 heterocycles. The van der Waals surface area contributed by atoms with Gasteiger partial charge in [0.2, 0.25) is 5.78 Å². The first-order chi connectivity index (χ1) is 16.7. The third-order valence-electron chi connectivity index (χ3n) is 5.52. The van der Waals surface area contributed by atoms with Crippen LogP contribution in [0.25, 0.3) is 0 Å². The molecule has 0 aliphatic carbocycles. The van der Waals surface area contributed by atoms with Crippen molar-refractivity contribution < 1.29 is 28.6 Å². The number of primary amides is 1. The SMILES string of the molecule is COc1cc(C(=O)OCC(=O)c2cc(C)n(CCc3ccc(Cl)cc3)c2C)ccc1OCC(N)=O.